The molecule has 0 saturated carbocycles. The number of benzene rings is 1. The second kappa shape index (κ2) is 6.91. The summed E-state index contributed by atoms with van der Waals surface area (Å²) in [7, 11) is 1.70. The van der Waals surface area contributed by atoms with Gasteiger partial charge in [-0.1, -0.05) is 35.5 Å². The highest BCUT2D eigenvalue weighted by atomic mass is 16.5. The molecular weight excluding hydrogens is 292 g/mol. The molecule has 2 heterocycles. The quantitative estimate of drug-likeness (QED) is 0.937. The number of hydrogen-bond acceptors (Lipinski definition) is 5. The third-order valence-electron chi connectivity index (χ3n) is 4.53. The first-order valence-electron chi connectivity index (χ1n) is 8.03. The smallest absolute Gasteiger partial charge is 0.244 e. The second-order valence-electron chi connectivity index (χ2n) is 5.92. The maximum absolute atomic E-state index is 11.7. The van der Waals surface area contributed by atoms with Crippen LogP contribution < -0.4 is 5.32 Å². The summed E-state index contributed by atoms with van der Waals surface area (Å²) in [6, 6.07) is 9.87. The molecule has 23 heavy (non-hydrogen) atoms. The number of piperidine rings is 1. The van der Waals surface area contributed by atoms with E-state index in [1.807, 2.05) is 30.3 Å². The molecule has 1 unspecified atom stereocenters. The maximum Gasteiger partial charge on any atom is 0.244 e. The number of likely N-dealkylation sites (tertiary alicyclic amines) is 1. The van der Waals surface area contributed by atoms with E-state index in [0.29, 0.717) is 11.7 Å². The molecule has 1 N–H and O–H groups in total. The summed E-state index contributed by atoms with van der Waals surface area (Å²) in [6.45, 7) is 3.80. The van der Waals surface area contributed by atoms with E-state index in [2.05, 4.69) is 27.3 Å². The lowest BCUT2D eigenvalue weighted by Gasteiger charge is -2.33. The van der Waals surface area contributed by atoms with Crippen molar-refractivity contribution in [3.63, 3.8) is 0 Å². The predicted molar refractivity (Wildman–Crippen MR) is 86.5 cm³/mol. The molecule has 122 valence electrons. The van der Waals surface area contributed by atoms with Crippen LogP contribution in [0.25, 0.3) is 11.4 Å². The van der Waals surface area contributed by atoms with E-state index in [-0.39, 0.29) is 17.9 Å². The Morgan fingerprint density at radius 2 is 2.00 bits per heavy atom. The Hall–Kier alpha value is -2.21. The van der Waals surface area contributed by atoms with Crippen molar-refractivity contribution in [2.45, 2.75) is 25.8 Å². The topological polar surface area (TPSA) is 71.3 Å². The van der Waals surface area contributed by atoms with Gasteiger partial charge in [0.1, 0.15) is 0 Å². The highest BCUT2D eigenvalue weighted by Gasteiger charge is 2.29. The molecule has 1 fully saturated rings. The Kier molecular flexibility index (Phi) is 4.71. The molecule has 6 heteroatoms. The van der Waals surface area contributed by atoms with E-state index in [9.17, 15) is 4.79 Å². The molecule has 2 aromatic rings. The number of amides is 1. The van der Waals surface area contributed by atoms with Crippen molar-refractivity contribution in [1.29, 1.82) is 0 Å². The normalized spacial score (nSPS) is 17.8. The van der Waals surface area contributed by atoms with Crippen LogP contribution in [0.2, 0.25) is 0 Å². The molecule has 1 aromatic heterocycles. The van der Waals surface area contributed by atoms with Crippen molar-refractivity contribution >= 4 is 5.91 Å². The summed E-state index contributed by atoms with van der Waals surface area (Å²) in [4.78, 5) is 18.5. The Balaban J connectivity index is 1.64. The van der Waals surface area contributed by atoms with E-state index in [1.54, 1.807) is 7.05 Å². The van der Waals surface area contributed by atoms with Crippen LogP contribution in [0.1, 0.15) is 31.7 Å². The monoisotopic (exact) mass is 314 g/mol. The average molecular weight is 314 g/mol. The summed E-state index contributed by atoms with van der Waals surface area (Å²) in [5, 5.41) is 6.82. The summed E-state index contributed by atoms with van der Waals surface area (Å²) in [6.07, 6.45) is 1.73. The fraction of sp³-hybridized carbons (Fsp3) is 0.471. The van der Waals surface area contributed by atoms with Gasteiger partial charge in [-0.25, -0.2) is 0 Å². The van der Waals surface area contributed by atoms with Crippen LogP contribution in [0.5, 0.6) is 0 Å². The van der Waals surface area contributed by atoms with Gasteiger partial charge in [0.2, 0.25) is 17.6 Å². The number of carbonyl (C=O) groups excluding carboxylic acids is 1. The van der Waals surface area contributed by atoms with Gasteiger partial charge in [0.25, 0.3) is 0 Å². The Labute approximate surface area is 135 Å². The minimum atomic E-state index is 0.0607. The van der Waals surface area contributed by atoms with Crippen LogP contribution >= 0.6 is 0 Å². The number of hydrogen-bond donors (Lipinski definition) is 1. The van der Waals surface area contributed by atoms with Gasteiger partial charge >= 0.3 is 0 Å². The molecule has 0 radical (unpaired) electrons. The van der Waals surface area contributed by atoms with E-state index in [1.165, 1.54) is 0 Å². The van der Waals surface area contributed by atoms with Crippen LogP contribution in [0.15, 0.2) is 34.9 Å². The Bertz CT molecular complexity index is 648. The SMILES string of the molecule is CNC(=O)C1CCN(C(C)c2nc(-c3ccccc3)no2)CC1. The third-order valence-corrected chi connectivity index (χ3v) is 4.53. The Morgan fingerprint density at radius 3 is 2.65 bits per heavy atom. The molecule has 1 atom stereocenters. The fourth-order valence-electron chi connectivity index (χ4n) is 3.02. The first-order chi connectivity index (χ1) is 11.2. The first kappa shape index (κ1) is 15.7. The van der Waals surface area contributed by atoms with Gasteiger partial charge in [0, 0.05) is 18.5 Å². The van der Waals surface area contributed by atoms with Gasteiger partial charge in [-0.15, -0.1) is 0 Å². The largest absolute Gasteiger partial charge is 0.359 e. The summed E-state index contributed by atoms with van der Waals surface area (Å²) < 4.78 is 5.45. The lowest BCUT2D eigenvalue weighted by molar-refractivity contribution is -0.126. The molecule has 1 aliphatic rings. The molecule has 0 spiro atoms. The summed E-state index contributed by atoms with van der Waals surface area (Å²) >= 11 is 0. The van der Waals surface area contributed by atoms with E-state index in [0.717, 1.165) is 31.5 Å². The van der Waals surface area contributed by atoms with Crippen LogP contribution in [0.4, 0.5) is 0 Å². The van der Waals surface area contributed by atoms with E-state index >= 15 is 0 Å². The zero-order valence-corrected chi connectivity index (χ0v) is 13.5. The van der Waals surface area contributed by atoms with Crippen molar-refractivity contribution in [2.75, 3.05) is 20.1 Å². The number of nitrogens with one attached hydrogen (secondary N) is 1. The lowest BCUT2D eigenvalue weighted by atomic mass is 9.95. The summed E-state index contributed by atoms with van der Waals surface area (Å²) in [5.41, 5.74) is 0.952. The van der Waals surface area contributed by atoms with Gasteiger partial charge in [-0.05, 0) is 32.9 Å². The van der Waals surface area contributed by atoms with Crippen molar-refractivity contribution in [2.24, 2.45) is 5.92 Å². The van der Waals surface area contributed by atoms with Crippen molar-refractivity contribution in [3.8, 4) is 11.4 Å². The molecule has 3 rings (SSSR count). The van der Waals surface area contributed by atoms with Crippen LogP contribution in [0.3, 0.4) is 0 Å². The van der Waals surface area contributed by atoms with Gasteiger partial charge in [-0.3, -0.25) is 9.69 Å². The average Bonchev–Trinajstić information content (AvgIpc) is 3.11. The van der Waals surface area contributed by atoms with Gasteiger partial charge in [0.15, 0.2) is 0 Å². The van der Waals surface area contributed by atoms with Crippen LogP contribution in [0, 0.1) is 5.92 Å². The van der Waals surface area contributed by atoms with E-state index in [4.69, 9.17) is 4.52 Å². The molecular formula is C17H22N4O2. The standard InChI is InChI=1S/C17H22N4O2/c1-12(21-10-8-14(9-11-21)16(22)18-2)17-19-15(20-23-17)13-6-4-3-5-7-13/h3-7,12,14H,8-11H2,1-2H3,(H,18,22). The first-order valence-corrected chi connectivity index (χ1v) is 8.03. The van der Waals surface area contributed by atoms with Crippen LogP contribution in [-0.2, 0) is 4.79 Å². The van der Waals surface area contributed by atoms with Crippen molar-refractivity contribution < 1.29 is 9.32 Å². The second-order valence-corrected chi connectivity index (χ2v) is 5.92. The molecule has 0 bridgehead atoms. The number of nitrogens with zero attached hydrogens (tertiary/aromatic N) is 3. The van der Waals surface area contributed by atoms with Gasteiger partial charge < -0.3 is 9.84 Å². The van der Waals surface area contributed by atoms with Crippen LogP contribution in [-0.4, -0.2) is 41.1 Å². The molecule has 1 amide bonds. The molecule has 1 aliphatic heterocycles. The number of rotatable bonds is 4. The summed E-state index contributed by atoms with van der Waals surface area (Å²) in [5.74, 6) is 1.50. The van der Waals surface area contributed by atoms with Crippen molar-refractivity contribution in [3.05, 3.63) is 36.2 Å². The highest BCUT2D eigenvalue weighted by molar-refractivity contribution is 5.78. The number of aromatic nitrogens is 2. The minimum Gasteiger partial charge on any atom is -0.359 e. The maximum atomic E-state index is 11.7. The highest BCUT2D eigenvalue weighted by Crippen LogP contribution is 2.27. The molecule has 0 aliphatic carbocycles. The molecule has 6 nitrogen and oxygen atoms in total. The Morgan fingerprint density at radius 1 is 1.30 bits per heavy atom. The molecule has 1 saturated heterocycles. The predicted octanol–water partition coefficient (Wildman–Crippen LogP) is 2.26. The van der Waals surface area contributed by atoms with Crippen molar-refractivity contribution in [1.82, 2.24) is 20.4 Å². The van der Waals surface area contributed by atoms with E-state index < -0.39 is 0 Å². The minimum absolute atomic E-state index is 0.0607. The fourth-order valence-corrected chi connectivity index (χ4v) is 3.02. The zero-order chi connectivity index (χ0) is 16.2. The number of carbonyl (C=O) groups is 1. The van der Waals surface area contributed by atoms with Gasteiger partial charge in [0.05, 0.1) is 6.04 Å². The van der Waals surface area contributed by atoms with Gasteiger partial charge in [-0.2, -0.15) is 4.98 Å². The third kappa shape index (κ3) is 3.42. The lowest BCUT2D eigenvalue weighted by Crippen LogP contribution is -2.40. The molecule has 1 aromatic carbocycles. The zero-order valence-electron chi connectivity index (χ0n) is 13.5.